The molecule has 246 valence electrons. The maximum absolute atomic E-state index is 12.6. The molecule has 2 aromatic carbocycles. The van der Waals surface area contributed by atoms with Gasteiger partial charge in [0.25, 0.3) is 5.56 Å². The summed E-state index contributed by atoms with van der Waals surface area (Å²) in [6.45, 7) is 2.27. The molecule has 2 aliphatic heterocycles. The van der Waals surface area contributed by atoms with Crippen LogP contribution in [0.15, 0.2) is 79.6 Å². The molecule has 0 saturated carbocycles. The quantitative estimate of drug-likeness (QED) is 0.111. The lowest BCUT2D eigenvalue weighted by Crippen LogP contribution is -2.33. The SMILES string of the molecule is COc1ccc(-c2c3ccc(=O)cc-3oc3cc(OCOP(=O)(O)OC[C@H]4O[C@@H](n5cc(C)c(=O)[nH]c5=O)CC4O)ccc23)c(C)c1. The number of fused-ring (bicyclic) bond motifs is 2. The first-order valence-corrected chi connectivity index (χ1v) is 16.0. The number of aromatic amines is 1. The van der Waals surface area contributed by atoms with Gasteiger partial charge in [0.1, 0.15) is 35.2 Å². The lowest BCUT2D eigenvalue weighted by molar-refractivity contribution is -0.0488. The minimum absolute atomic E-state index is 0.0166. The summed E-state index contributed by atoms with van der Waals surface area (Å²) in [5, 5.41) is 11.1. The van der Waals surface area contributed by atoms with Crippen molar-refractivity contribution in [2.24, 2.45) is 0 Å². The minimum atomic E-state index is -4.67. The molecule has 0 spiro atoms. The zero-order chi connectivity index (χ0) is 33.5. The second-order valence-electron chi connectivity index (χ2n) is 11.0. The van der Waals surface area contributed by atoms with E-state index in [0.717, 1.165) is 32.2 Å². The molecule has 0 bridgehead atoms. The van der Waals surface area contributed by atoms with Crippen LogP contribution in [0, 0.1) is 13.8 Å². The van der Waals surface area contributed by atoms with Crippen molar-refractivity contribution in [2.75, 3.05) is 20.5 Å². The van der Waals surface area contributed by atoms with Crippen molar-refractivity contribution in [3.05, 3.63) is 103 Å². The van der Waals surface area contributed by atoms with Crippen LogP contribution in [0.1, 0.15) is 23.8 Å². The van der Waals surface area contributed by atoms with Crippen molar-refractivity contribution in [1.29, 1.82) is 0 Å². The van der Waals surface area contributed by atoms with Crippen molar-refractivity contribution in [2.45, 2.75) is 38.7 Å². The number of aryl methyl sites for hydroxylation is 2. The van der Waals surface area contributed by atoms with Gasteiger partial charge in [0.05, 0.1) is 19.8 Å². The lowest BCUT2D eigenvalue weighted by atomic mass is 9.91. The number of aromatic nitrogens is 2. The summed E-state index contributed by atoms with van der Waals surface area (Å²) in [4.78, 5) is 48.4. The maximum Gasteiger partial charge on any atom is 0.475 e. The fourth-order valence-corrected chi connectivity index (χ4v) is 6.07. The molecule has 3 aromatic rings. The van der Waals surface area contributed by atoms with Crippen molar-refractivity contribution in [1.82, 2.24) is 9.55 Å². The smallest absolute Gasteiger partial charge is 0.475 e. The first-order chi connectivity index (χ1) is 22.4. The Morgan fingerprint density at radius 3 is 2.51 bits per heavy atom. The van der Waals surface area contributed by atoms with Crippen LogP contribution in [0.2, 0.25) is 0 Å². The zero-order valence-electron chi connectivity index (χ0n) is 25.5. The van der Waals surface area contributed by atoms with E-state index in [1.807, 2.05) is 25.1 Å². The molecule has 15 heteroatoms. The molecule has 0 radical (unpaired) electrons. The van der Waals surface area contributed by atoms with Gasteiger partial charge in [-0.3, -0.25) is 23.7 Å². The first-order valence-electron chi connectivity index (χ1n) is 14.5. The number of phosphoric ester groups is 1. The normalized spacial score (nSPS) is 19.2. The summed E-state index contributed by atoms with van der Waals surface area (Å²) in [5.41, 5.74) is 2.64. The van der Waals surface area contributed by atoms with Crippen LogP contribution < -0.4 is 26.2 Å². The number of ether oxygens (including phenoxy) is 3. The highest BCUT2D eigenvalue weighted by atomic mass is 31.2. The van der Waals surface area contributed by atoms with Gasteiger partial charge >= 0.3 is 13.5 Å². The number of nitrogens with zero attached hydrogens (tertiary/aromatic N) is 1. The molecule has 4 atom stereocenters. The zero-order valence-corrected chi connectivity index (χ0v) is 26.4. The van der Waals surface area contributed by atoms with Crippen molar-refractivity contribution in [3.8, 4) is 33.9 Å². The van der Waals surface area contributed by atoms with Crippen LogP contribution in [0.25, 0.3) is 33.4 Å². The lowest BCUT2D eigenvalue weighted by Gasteiger charge is -2.19. The third kappa shape index (κ3) is 6.79. The Morgan fingerprint density at radius 2 is 1.74 bits per heavy atom. The molecule has 47 heavy (non-hydrogen) atoms. The number of phosphoric acid groups is 1. The van der Waals surface area contributed by atoms with Gasteiger partial charge in [-0.25, -0.2) is 13.9 Å². The maximum atomic E-state index is 12.6. The molecule has 6 rings (SSSR count). The molecule has 2 unspecified atom stereocenters. The molecular weight excluding hydrogens is 635 g/mol. The standard InChI is InChI=1S/C32H31N2O12P/c1-17-10-20(41-3)5-8-22(17)30-23-7-4-19(35)11-26(23)45-27-12-21(6-9-24(27)30)42-16-44-47(39,40)43-15-28-25(36)13-29(46-28)34-14-18(2)31(37)33-32(34)38/h4-12,14,25,28-29,36H,13,15-16H2,1-3H3,(H,39,40)(H,33,37,38)/t25?,28-,29-/m1/s1. The summed E-state index contributed by atoms with van der Waals surface area (Å²) >= 11 is 0. The van der Waals surface area contributed by atoms with Gasteiger partial charge in [0, 0.05) is 46.8 Å². The average molecular weight is 667 g/mol. The van der Waals surface area contributed by atoms with E-state index in [0.29, 0.717) is 17.1 Å². The van der Waals surface area contributed by atoms with E-state index < -0.39 is 50.9 Å². The molecule has 1 fully saturated rings. The van der Waals surface area contributed by atoms with Gasteiger partial charge in [-0.2, -0.15) is 0 Å². The first kappa shape index (κ1) is 32.4. The predicted octanol–water partition coefficient (Wildman–Crippen LogP) is 3.86. The van der Waals surface area contributed by atoms with E-state index in [1.165, 1.54) is 25.3 Å². The highest BCUT2D eigenvalue weighted by Gasteiger charge is 2.37. The number of hydrogen-bond acceptors (Lipinski definition) is 11. The predicted molar refractivity (Wildman–Crippen MR) is 169 cm³/mol. The summed E-state index contributed by atoms with van der Waals surface area (Å²) in [6.07, 6.45) is -1.81. The highest BCUT2D eigenvalue weighted by Crippen LogP contribution is 2.45. The van der Waals surface area contributed by atoms with Crippen LogP contribution in [0.3, 0.4) is 0 Å². The van der Waals surface area contributed by atoms with Gasteiger partial charge in [-0.1, -0.05) is 6.07 Å². The highest BCUT2D eigenvalue weighted by molar-refractivity contribution is 7.47. The number of rotatable bonds is 10. The van der Waals surface area contributed by atoms with E-state index in [2.05, 4.69) is 4.98 Å². The Kier molecular flexibility index (Phi) is 8.90. The summed E-state index contributed by atoms with van der Waals surface area (Å²) < 4.78 is 46.3. The Labute approximate surface area is 266 Å². The third-order valence-electron chi connectivity index (χ3n) is 7.87. The van der Waals surface area contributed by atoms with Crippen molar-refractivity contribution < 1.29 is 42.2 Å². The summed E-state index contributed by atoms with van der Waals surface area (Å²) in [6, 6.07) is 15.3. The summed E-state index contributed by atoms with van der Waals surface area (Å²) in [5.74, 6) is 1.32. The number of nitrogens with one attached hydrogen (secondary N) is 1. The number of hydrogen-bond donors (Lipinski definition) is 3. The number of benzene rings is 3. The minimum Gasteiger partial charge on any atom is -0.497 e. The number of methoxy groups -OCH3 is 1. The van der Waals surface area contributed by atoms with E-state index in [-0.39, 0.29) is 23.2 Å². The molecule has 1 aromatic heterocycles. The molecule has 1 aliphatic carbocycles. The monoisotopic (exact) mass is 666 g/mol. The molecule has 14 nitrogen and oxygen atoms in total. The second kappa shape index (κ2) is 12.9. The Balaban J connectivity index is 1.14. The van der Waals surface area contributed by atoms with E-state index in [1.54, 1.807) is 31.4 Å². The van der Waals surface area contributed by atoms with Gasteiger partial charge < -0.3 is 28.6 Å². The largest absolute Gasteiger partial charge is 0.497 e. The molecule has 1 saturated heterocycles. The fraction of sp³-hybridized carbons (Fsp3) is 0.281. The number of aliphatic hydroxyl groups is 1. The number of H-pyrrole nitrogens is 1. The van der Waals surface area contributed by atoms with Gasteiger partial charge in [0.2, 0.25) is 0 Å². The van der Waals surface area contributed by atoms with E-state index in [4.69, 9.17) is 27.7 Å². The van der Waals surface area contributed by atoms with E-state index >= 15 is 0 Å². The van der Waals surface area contributed by atoms with Gasteiger partial charge in [0.15, 0.2) is 12.2 Å². The van der Waals surface area contributed by atoms with E-state index in [9.17, 15) is 28.9 Å². The Morgan fingerprint density at radius 1 is 0.979 bits per heavy atom. The van der Waals surface area contributed by atoms with Crippen LogP contribution >= 0.6 is 7.82 Å². The molecule has 3 N–H and O–H groups in total. The fourth-order valence-electron chi connectivity index (χ4n) is 5.48. The molecule has 3 aliphatic rings. The van der Waals surface area contributed by atoms with Crippen LogP contribution in [0.5, 0.6) is 11.5 Å². The second-order valence-corrected chi connectivity index (χ2v) is 12.5. The van der Waals surface area contributed by atoms with Crippen LogP contribution in [0.4, 0.5) is 0 Å². The molecular formula is C32H31N2O12P. The average Bonchev–Trinajstić information content (AvgIpc) is 3.40. The Bertz CT molecular complexity index is 2160. The molecule has 0 amide bonds. The van der Waals surface area contributed by atoms with Crippen molar-refractivity contribution in [3.63, 3.8) is 0 Å². The summed E-state index contributed by atoms with van der Waals surface area (Å²) in [7, 11) is -3.08. The topological polar surface area (TPSA) is 189 Å². The molecule has 3 heterocycles. The van der Waals surface area contributed by atoms with Gasteiger partial charge in [-0.15, -0.1) is 0 Å². The number of aliphatic hydroxyl groups excluding tert-OH is 1. The van der Waals surface area contributed by atoms with Crippen LogP contribution in [-0.2, 0) is 18.3 Å². The van der Waals surface area contributed by atoms with Crippen molar-refractivity contribution >= 4 is 18.8 Å². The Hall–Kier alpha value is -4.56. The third-order valence-corrected chi connectivity index (χ3v) is 8.78. The van der Waals surface area contributed by atoms with Crippen LogP contribution in [-0.4, -0.2) is 52.3 Å². The van der Waals surface area contributed by atoms with Gasteiger partial charge in [-0.05, 0) is 61.4 Å².